The average Bonchev–Trinajstić information content (AvgIpc) is 2.05. The molecule has 0 radical (unpaired) electrons. The van der Waals surface area contributed by atoms with Crippen molar-refractivity contribution in [3.63, 3.8) is 0 Å². The molecule has 0 saturated heterocycles. The second-order valence-electron chi connectivity index (χ2n) is 2.80. The fourth-order valence-electron chi connectivity index (χ4n) is 1.26. The Hall–Kier alpha value is -0.310. The molecule has 0 aliphatic heterocycles. The number of halogens is 1. The Morgan fingerprint density at radius 1 is 1.50 bits per heavy atom. The van der Waals surface area contributed by atoms with E-state index in [-0.39, 0.29) is 0 Å². The summed E-state index contributed by atoms with van der Waals surface area (Å²) in [6.45, 7) is 6.00. The summed E-state index contributed by atoms with van der Waals surface area (Å²) in [5.41, 5.74) is 2.69. The van der Waals surface area contributed by atoms with Gasteiger partial charge in [0.25, 0.3) is 0 Å². The van der Waals surface area contributed by atoms with Crippen molar-refractivity contribution in [2.24, 2.45) is 0 Å². The van der Waals surface area contributed by atoms with E-state index in [4.69, 9.17) is 0 Å². The van der Waals surface area contributed by atoms with Crippen LogP contribution in [0.2, 0.25) is 0 Å². The van der Waals surface area contributed by atoms with E-state index in [0.717, 1.165) is 6.42 Å². The first-order valence-corrected chi connectivity index (χ1v) is 5.26. The maximum Gasteiger partial charge on any atom is 0.0133 e. The van der Waals surface area contributed by atoms with Crippen LogP contribution in [0.4, 0.5) is 0 Å². The van der Waals surface area contributed by atoms with Crippen molar-refractivity contribution in [3.8, 4) is 0 Å². The third-order valence-corrected chi connectivity index (χ3v) is 2.52. The van der Waals surface area contributed by atoms with E-state index >= 15 is 0 Å². The van der Waals surface area contributed by atoms with Crippen molar-refractivity contribution in [1.82, 2.24) is 0 Å². The van der Waals surface area contributed by atoms with Gasteiger partial charge in [-0.15, -0.1) is 0 Å². The molecule has 0 aromatic heterocycles. The van der Waals surface area contributed by atoms with Crippen molar-refractivity contribution < 1.29 is 0 Å². The van der Waals surface area contributed by atoms with Crippen molar-refractivity contribution in [2.75, 3.05) is 0 Å². The maximum atomic E-state index is 3.80. The molecule has 1 rings (SSSR count). The summed E-state index contributed by atoms with van der Waals surface area (Å²) >= 11 is 2.34. The van der Waals surface area contributed by atoms with Gasteiger partial charge < -0.3 is 0 Å². The van der Waals surface area contributed by atoms with Gasteiger partial charge in [-0.1, -0.05) is 32.1 Å². The zero-order valence-corrected chi connectivity index (χ0v) is 9.47. The third-order valence-electron chi connectivity index (χ3n) is 1.84. The van der Waals surface area contributed by atoms with Crippen molar-refractivity contribution in [2.45, 2.75) is 19.8 Å². The van der Waals surface area contributed by atoms with Crippen molar-refractivity contribution in [1.29, 1.82) is 0 Å². The second kappa shape index (κ2) is 4.65. The van der Waals surface area contributed by atoms with E-state index in [9.17, 15) is 0 Å². The lowest BCUT2D eigenvalue weighted by molar-refractivity contribution is 0.918. The molecule has 0 atom stereocenters. The highest BCUT2D eigenvalue weighted by molar-refractivity contribution is 14.1. The Morgan fingerprint density at radius 2 is 2.25 bits per heavy atom. The predicted octanol–water partition coefficient (Wildman–Crippen LogP) is 3.89. The average molecular weight is 272 g/mol. The van der Waals surface area contributed by atoms with Crippen LogP contribution in [-0.4, -0.2) is 0 Å². The Morgan fingerprint density at radius 3 is 2.83 bits per heavy atom. The molecule has 0 nitrogen and oxygen atoms in total. The van der Waals surface area contributed by atoms with Crippen LogP contribution in [0.15, 0.2) is 24.8 Å². The van der Waals surface area contributed by atoms with Gasteiger partial charge >= 0.3 is 0 Å². The van der Waals surface area contributed by atoms with Gasteiger partial charge in [0.15, 0.2) is 0 Å². The van der Waals surface area contributed by atoms with Crippen LogP contribution in [0.1, 0.15) is 24.5 Å². The molecule has 0 amide bonds. The minimum atomic E-state index is 1.15. The SMILES string of the molecule is C=Cc1ccc(I)cc1CCC. The summed E-state index contributed by atoms with van der Waals surface area (Å²) in [7, 11) is 0. The van der Waals surface area contributed by atoms with E-state index < -0.39 is 0 Å². The molecule has 0 aliphatic carbocycles. The van der Waals surface area contributed by atoms with Gasteiger partial charge in [-0.05, 0) is 52.3 Å². The number of aryl methyl sites for hydroxylation is 1. The molecule has 0 bridgehead atoms. The highest BCUT2D eigenvalue weighted by Crippen LogP contribution is 2.16. The molecule has 1 aromatic carbocycles. The molecule has 0 saturated carbocycles. The second-order valence-corrected chi connectivity index (χ2v) is 4.04. The van der Waals surface area contributed by atoms with Crippen LogP contribution in [0.25, 0.3) is 6.08 Å². The van der Waals surface area contributed by atoms with E-state index in [1.165, 1.54) is 21.1 Å². The first-order chi connectivity index (χ1) is 5.77. The van der Waals surface area contributed by atoms with Gasteiger partial charge in [0.05, 0.1) is 0 Å². The largest absolute Gasteiger partial charge is 0.0985 e. The third kappa shape index (κ3) is 2.34. The Labute approximate surface area is 87.8 Å². The van der Waals surface area contributed by atoms with Gasteiger partial charge in [-0.25, -0.2) is 0 Å². The molecular weight excluding hydrogens is 259 g/mol. The van der Waals surface area contributed by atoms with E-state index in [2.05, 4.69) is 54.3 Å². The maximum absolute atomic E-state index is 3.80. The van der Waals surface area contributed by atoms with Crippen LogP contribution in [-0.2, 0) is 6.42 Å². The highest BCUT2D eigenvalue weighted by atomic mass is 127. The van der Waals surface area contributed by atoms with Crippen LogP contribution in [0.3, 0.4) is 0 Å². The van der Waals surface area contributed by atoms with Crippen molar-refractivity contribution >= 4 is 28.7 Å². The Kier molecular flexibility index (Phi) is 3.79. The molecule has 0 N–H and O–H groups in total. The van der Waals surface area contributed by atoms with E-state index in [0.29, 0.717) is 0 Å². The summed E-state index contributed by atoms with van der Waals surface area (Å²) < 4.78 is 1.31. The molecular formula is C11H13I. The Bertz CT molecular complexity index is 276. The number of hydrogen-bond acceptors (Lipinski definition) is 0. The standard InChI is InChI=1S/C11H13I/c1-3-5-10-8-11(12)7-6-9(10)4-2/h4,6-8H,2-3,5H2,1H3. The fourth-order valence-corrected chi connectivity index (χ4v) is 1.81. The molecule has 0 fully saturated rings. The van der Waals surface area contributed by atoms with Gasteiger partial charge in [-0.3, -0.25) is 0 Å². The van der Waals surface area contributed by atoms with Gasteiger partial charge in [0.2, 0.25) is 0 Å². The van der Waals surface area contributed by atoms with Gasteiger partial charge in [0, 0.05) is 3.57 Å². The molecule has 1 aromatic rings. The topological polar surface area (TPSA) is 0 Å². The first-order valence-electron chi connectivity index (χ1n) is 4.18. The Balaban J connectivity index is 3.03. The van der Waals surface area contributed by atoms with Crippen molar-refractivity contribution in [3.05, 3.63) is 39.5 Å². The number of benzene rings is 1. The smallest absolute Gasteiger partial charge is 0.0133 e. The van der Waals surface area contributed by atoms with Crippen LogP contribution in [0, 0.1) is 3.57 Å². The zero-order chi connectivity index (χ0) is 8.97. The summed E-state index contributed by atoms with van der Waals surface area (Å²) in [6.07, 6.45) is 4.28. The molecule has 0 aliphatic rings. The zero-order valence-electron chi connectivity index (χ0n) is 7.31. The summed E-state index contributed by atoms with van der Waals surface area (Å²) in [5.74, 6) is 0. The normalized spacial score (nSPS) is 9.83. The van der Waals surface area contributed by atoms with E-state index in [1.54, 1.807) is 0 Å². The van der Waals surface area contributed by atoms with Gasteiger partial charge in [0.1, 0.15) is 0 Å². The quantitative estimate of drug-likeness (QED) is 0.732. The minimum Gasteiger partial charge on any atom is -0.0985 e. The first kappa shape index (κ1) is 9.78. The van der Waals surface area contributed by atoms with Crippen LogP contribution < -0.4 is 0 Å². The molecule has 0 unspecified atom stereocenters. The lowest BCUT2D eigenvalue weighted by atomic mass is 10.0. The molecule has 64 valence electrons. The predicted molar refractivity (Wildman–Crippen MR) is 63.2 cm³/mol. The fraction of sp³-hybridized carbons (Fsp3) is 0.273. The summed E-state index contributed by atoms with van der Waals surface area (Å²) in [4.78, 5) is 0. The number of hydrogen-bond donors (Lipinski definition) is 0. The number of rotatable bonds is 3. The minimum absolute atomic E-state index is 1.15. The monoisotopic (exact) mass is 272 g/mol. The van der Waals surface area contributed by atoms with E-state index in [1.807, 2.05) is 6.08 Å². The molecule has 12 heavy (non-hydrogen) atoms. The van der Waals surface area contributed by atoms with Crippen LogP contribution in [0.5, 0.6) is 0 Å². The molecule has 0 spiro atoms. The lowest BCUT2D eigenvalue weighted by Crippen LogP contribution is -1.88. The summed E-state index contributed by atoms with van der Waals surface area (Å²) in [6, 6.07) is 6.50. The summed E-state index contributed by atoms with van der Waals surface area (Å²) in [5, 5.41) is 0. The molecule has 1 heteroatoms. The van der Waals surface area contributed by atoms with Crippen LogP contribution >= 0.6 is 22.6 Å². The lowest BCUT2D eigenvalue weighted by Gasteiger charge is -2.04. The van der Waals surface area contributed by atoms with Gasteiger partial charge in [-0.2, -0.15) is 0 Å². The highest BCUT2D eigenvalue weighted by Gasteiger charge is 1.98. The molecule has 0 heterocycles.